The molecule has 0 amide bonds. The van der Waals surface area contributed by atoms with Crippen LogP contribution < -0.4 is 38.5 Å². The zero-order valence-electron chi connectivity index (χ0n) is 39.1. The van der Waals surface area contributed by atoms with E-state index < -0.39 is 17.6 Å². The fourth-order valence-electron chi connectivity index (χ4n) is 9.88. The zero-order valence-corrected chi connectivity index (χ0v) is 39.1. The lowest BCUT2D eigenvalue weighted by Crippen LogP contribution is -2.33. The standard InChI is InChI=1S/C62H40F3N5O4/c63-62(64,65)57-58(67-45-29-13-17-33-53(45)71-37-49(67)41-21-5-1-6-22-41)59(68-46-30-14-18-34-54(46)72-38-50(68)42-23-7-2-8-24-42)61(70-48-32-16-20-36-56(48)74-40-52(70)44-27-11-4-12-28-44)66-60(57)69-47-31-15-19-35-55(47)73-39-51(69)43-25-9-3-10-26-43/h1-40H. The number of halogens is 3. The molecule has 0 radical (unpaired) electrons. The molecule has 5 heterocycles. The van der Waals surface area contributed by atoms with Crippen LogP contribution in [0, 0.1) is 0 Å². The van der Waals surface area contributed by atoms with Crippen LogP contribution in [0.3, 0.4) is 0 Å². The van der Waals surface area contributed by atoms with E-state index in [-0.39, 0.29) is 17.2 Å². The molecule has 0 saturated heterocycles. The molecule has 4 aliphatic heterocycles. The maximum Gasteiger partial charge on any atom is 0.422 e. The van der Waals surface area contributed by atoms with Gasteiger partial charge in [0.05, 0.1) is 51.2 Å². The summed E-state index contributed by atoms with van der Waals surface area (Å²) in [4.78, 5) is 12.5. The van der Waals surface area contributed by atoms with Crippen molar-refractivity contribution in [2.45, 2.75) is 6.18 Å². The van der Waals surface area contributed by atoms with E-state index in [4.69, 9.17) is 23.9 Å². The second kappa shape index (κ2) is 18.0. The molecule has 358 valence electrons. The Morgan fingerprint density at radius 2 is 0.568 bits per heavy atom. The molecule has 0 fully saturated rings. The van der Waals surface area contributed by atoms with E-state index in [1.807, 2.05) is 174 Å². The molecule has 0 saturated carbocycles. The highest BCUT2D eigenvalue weighted by atomic mass is 19.4. The Labute approximate surface area is 424 Å². The number of hydrogen-bond donors (Lipinski definition) is 0. The summed E-state index contributed by atoms with van der Waals surface area (Å²) < 4.78 is 79.5. The fraction of sp³-hybridized carbons (Fsp3) is 0.0161. The van der Waals surface area contributed by atoms with E-state index in [0.717, 1.165) is 0 Å². The van der Waals surface area contributed by atoms with Gasteiger partial charge in [0.15, 0.2) is 34.6 Å². The van der Waals surface area contributed by atoms with E-state index in [2.05, 4.69) is 0 Å². The van der Waals surface area contributed by atoms with Gasteiger partial charge in [-0.2, -0.15) is 13.2 Å². The second-order valence-corrected chi connectivity index (χ2v) is 17.5. The number of benzene rings is 8. The molecule has 0 aliphatic carbocycles. The lowest BCUT2D eigenvalue weighted by atomic mass is 9.99. The van der Waals surface area contributed by atoms with Crippen LogP contribution in [0.25, 0.3) is 22.8 Å². The van der Waals surface area contributed by atoms with Crippen molar-refractivity contribution < 1.29 is 32.1 Å². The van der Waals surface area contributed by atoms with E-state index in [1.165, 1.54) is 12.5 Å². The number of nitrogens with zero attached hydrogens (tertiary/aromatic N) is 5. The highest BCUT2D eigenvalue weighted by Crippen LogP contribution is 2.62. The number of para-hydroxylation sites is 8. The lowest BCUT2D eigenvalue weighted by Gasteiger charge is -2.43. The van der Waals surface area contributed by atoms with E-state index in [1.54, 1.807) is 76.9 Å². The van der Waals surface area contributed by atoms with Crippen molar-refractivity contribution in [2.75, 3.05) is 19.6 Å². The molecule has 74 heavy (non-hydrogen) atoms. The van der Waals surface area contributed by atoms with Crippen LogP contribution in [0.2, 0.25) is 0 Å². The summed E-state index contributed by atoms with van der Waals surface area (Å²) in [5.41, 5.74) is 4.52. The molecule has 0 unspecified atom stereocenters. The summed E-state index contributed by atoms with van der Waals surface area (Å²) >= 11 is 0. The van der Waals surface area contributed by atoms with Gasteiger partial charge in [-0.05, 0) is 48.5 Å². The fourth-order valence-corrected chi connectivity index (χ4v) is 9.88. The van der Waals surface area contributed by atoms with Crippen molar-refractivity contribution >= 4 is 68.5 Å². The quantitative estimate of drug-likeness (QED) is 0.148. The maximum absolute atomic E-state index is 18.0. The van der Waals surface area contributed by atoms with Crippen LogP contribution in [0.5, 0.6) is 23.0 Å². The predicted molar refractivity (Wildman–Crippen MR) is 284 cm³/mol. The summed E-state index contributed by atoms with van der Waals surface area (Å²) in [6, 6.07) is 66.4. The van der Waals surface area contributed by atoms with Crippen LogP contribution in [0.4, 0.5) is 58.9 Å². The second-order valence-electron chi connectivity index (χ2n) is 17.5. The van der Waals surface area contributed by atoms with Crippen molar-refractivity contribution in [3.63, 3.8) is 0 Å². The SMILES string of the molecule is FC(F)(F)c1c(N2C(c3ccccc3)=COc3ccccc32)nc(N2C(c3ccccc3)=COc3ccccc32)c(N2C(c3ccccc3)=COc3ccccc32)c1N1C(c2ccccc2)=COc2ccccc21. The minimum absolute atomic E-state index is 0.0516. The highest BCUT2D eigenvalue weighted by molar-refractivity contribution is 6.11. The zero-order chi connectivity index (χ0) is 49.8. The molecule has 0 spiro atoms. The highest BCUT2D eigenvalue weighted by Gasteiger charge is 2.49. The Bertz CT molecular complexity index is 3750. The van der Waals surface area contributed by atoms with Gasteiger partial charge in [-0.25, -0.2) is 4.98 Å². The third-order valence-electron chi connectivity index (χ3n) is 13.1. The Morgan fingerprint density at radius 1 is 0.297 bits per heavy atom. The summed E-state index contributed by atoms with van der Waals surface area (Å²) in [5.74, 6) is 1.19. The Hall–Kier alpha value is -9.94. The van der Waals surface area contributed by atoms with Gasteiger partial charge in [0.2, 0.25) is 0 Å². The minimum atomic E-state index is -5.14. The van der Waals surface area contributed by atoms with Crippen LogP contribution in [-0.2, 0) is 6.18 Å². The van der Waals surface area contributed by atoms with Crippen molar-refractivity contribution in [1.29, 1.82) is 0 Å². The number of anilines is 8. The van der Waals surface area contributed by atoms with Crippen LogP contribution in [-0.4, -0.2) is 4.98 Å². The summed E-state index contributed by atoms with van der Waals surface area (Å²) in [6.45, 7) is 0. The van der Waals surface area contributed by atoms with Gasteiger partial charge in [-0.15, -0.1) is 0 Å². The van der Waals surface area contributed by atoms with Crippen molar-refractivity contribution in [3.8, 4) is 23.0 Å². The van der Waals surface area contributed by atoms with Crippen LogP contribution >= 0.6 is 0 Å². The van der Waals surface area contributed by atoms with Gasteiger partial charge in [-0.1, -0.05) is 170 Å². The van der Waals surface area contributed by atoms with Gasteiger partial charge in [-0.3, -0.25) is 14.7 Å². The number of ether oxygens (including phenoxy) is 4. The van der Waals surface area contributed by atoms with Crippen LogP contribution in [0.15, 0.2) is 243 Å². The predicted octanol–water partition coefficient (Wildman–Crippen LogP) is 16.2. The Kier molecular flexibility index (Phi) is 10.7. The maximum atomic E-state index is 18.0. The smallest absolute Gasteiger partial charge is 0.422 e. The van der Waals surface area contributed by atoms with E-state index in [0.29, 0.717) is 90.8 Å². The average molecular weight is 976 g/mol. The molecule has 0 N–H and O–H groups in total. The number of alkyl halides is 3. The summed E-state index contributed by atoms with van der Waals surface area (Å²) in [5, 5.41) is 0. The van der Waals surface area contributed by atoms with Crippen molar-refractivity contribution in [1.82, 2.24) is 4.98 Å². The van der Waals surface area contributed by atoms with E-state index >= 15 is 13.2 Å². The first-order valence-corrected chi connectivity index (χ1v) is 23.8. The average Bonchev–Trinajstić information content (AvgIpc) is 3.46. The largest absolute Gasteiger partial charge is 0.461 e. The molecule has 4 aliphatic rings. The van der Waals surface area contributed by atoms with Crippen molar-refractivity contribution in [2.24, 2.45) is 0 Å². The first-order chi connectivity index (χ1) is 36.4. The summed E-state index contributed by atoms with van der Waals surface area (Å²) in [6.07, 6.45) is 1.07. The van der Waals surface area contributed by atoms with Gasteiger partial charge < -0.3 is 23.8 Å². The normalized spacial score (nSPS) is 14.5. The first-order valence-electron chi connectivity index (χ1n) is 23.8. The van der Waals surface area contributed by atoms with Crippen LogP contribution in [0.1, 0.15) is 27.8 Å². The van der Waals surface area contributed by atoms with Gasteiger partial charge in [0.1, 0.15) is 36.3 Å². The number of fused-ring (bicyclic) bond motifs is 4. The van der Waals surface area contributed by atoms with E-state index in [9.17, 15) is 0 Å². The minimum Gasteiger partial charge on any atom is -0.461 e. The molecule has 0 atom stereocenters. The van der Waals surface area contributed by atoms with Gasteiger partial charge in [0.25, 0.3) is 0 Å². The monoisotopic (exact) mass is 975 g/mol. The molecular formula is C62H40F3N5O4. The Balaban J connectivity index is 1.28. The topological polar surface area (TPSA) is 62.8 Å². The molecule has 9 aromatic rings. The third kappa shape index (κ3) is 7.46. The first kappa shape index (κ1) is 44.0. The molecule has 9 nitrogen and oxygen atoms in total. The summed E-state index contributed by atoms with van der Waals surface area (Å²) in [7, 11) is 0. The molecule has 12 heteroatoms. The number of pyridine rings is 1. The number of aromatic nitrogens is 1. The van der Waals surface area contributed by atoms with Gasteiger partial charge in [0, 0.05) is 22.3 Å². The third-order valence-corrected chi connectivity index (χ3v) is 13.1. The molecule has 8 aromatic carbocycles. The number of rotatable bonds is 8. The lowest BCUT2D eigenvalue weighted by molar-refractivity contribution is -0.136. The molecule has 13 rings (SSSR count). The Morgan fingerprint density at radius 3 is 0.905 bits per heavy atom. The molecule has 1 aromatic heterocycles. The number of hydrogen-bond acceptors (Lipinski definition) is 9. The molecular weight excluding hydrogens is 936 g/mol. The van der Waals surface area contributed by atoms with Gasteiger partial charge >= 0.3 is 6.18 Å². The molecule has 0 bridgehead atoms. The van der Waals surface area contributed by atoms with Crippen molar-refractivity contribution in [3.05, 3.63) is 271 Å².